The van der Waals surface area contributed by atoms with Gasteiger partial charge >= 0.3 is 6.03 Å². The summed E-state index contributed by atoms with van der Waals surface area (Å²) >= 11 is 0. The highest BCUT2D eigenvalue weighted by atomic mass is 16.5. The number of fused-ring (bicyclic) bond motifs is 1. The Bertz CT molecular complexity index is 553. The van der Waals surface area contributed by atoms with Crippen LogP contribution in [0, 0.1) is 0 Å². The first-order valence-electron chi connectivity index (χ1n) is 7.95. The van der Waals surface area contributed by atoms with Crippen LogP contribution in [-0.2, 0) is 6.42 Å². The Morgan fingerprint density at radius 1 is 1.41 bits per heavy atom. The molecule has 2 aliphatic heterocycles. The van der Waals surface area contributed by atoms with Crippen LogP contribution in [0.3, 0.4) is 0 Å². The maximum absolute atomic E-state index is 12.5. The largest absolute Gasteiger partial charge is 0.491 e. The van der Waals surface area contributed by atoms with Gasteiger partial charge in [0.25, 0.3) is 0 Å². The van der Waals surface area contributed by atoms with E-state index in [1.54, 1.807) is 18.7 Å². The molecule has 0 radical (unpaired) electrons. The number of para-hydroxylation sites is 1. The van der Waals surface area contributed by atoms with Crippen molar-refractivity contribution in [2.24, 2.45) is 0 Å². The maximum atomic E-state index is 12.5. The molecule has 2 aliphatic rings. The minimum Gasteiger partial charge on any atom is -0.491 e. The molecule has 2 heterocycles. The molecule has 1 aromatic carbocycles. The number of aliphatic hydroxyl groups is 1. The molecule has 0 bridgehead atoms. The van der Waals surface area contributed by atoms with E-state index in [0.717, 1.165) is 30.6 Å². The lowest BCUT2D eigenvalue weighted by Gasteiger charge is -2.35. The molecule has 1 aromatic rings. The summed E-state index contributed by atoms with van der Waals surface area (Å²) in [6, 6.07) is 7.68. The smallest absolute Gasteiger partial charge is 0.318 e. The van der Waals surface area contributed by atoms with E-state index in [9.17, 15) is 9.90 Å². The molecule has 0 aliphatic carbocycles. The van der Waals surface area contributed by atoms with Crippen LogP contribution >= 0.6 is 0 Å². The minimum atomic E-state index is -0.872. The van der Waals surface area contributed by atoms with Gasteiger partial charge in [-0.3, -0.25) is 0 Å². The lowest BCUT2D eigenvalue weighted by atomic mass is 9.97. The Balaban J connectivity index is 1.63. The first kappa shape index (κ1) is 15.2. The van der Waals surface area contributed by atoms with Gasteiger partial charge in [0, 0.05) is 6.54 Å². The first-order chi connectivity index (χ1) is 10.4. The highest BCUT2D eigenvalue weighted by Crippen LogP contribution is 2.27. The predicted octanol–water partition coefficient (Wildman–Crippen LogP) is 1.93. The number of nitrogens with one attached hydrogen (secondary N) is 1. The Kier molecular flexibility index (Phi) is 4.00. The molecular weight excluding hydrogens is 280 g/mol. The van der Waals surface area contributed by atoms with Crippen molar-refractivity contribution in [1.29, 1.82) is 0 Å². The summed E-state index contributed by atoms with van der Waals surface area (Å²) in [7, 11) is 0. The third kappa shape index (κ3) is 3.04. The fourth-order valence-electron chi connectivity index (χ4n) is 3.42. The average Bonchev–Trinajstić information content (AvgIpc) is 2.97. The molecule has 0 aromatic heterocycles. The van der Waals surface area contributed by atoms with Gasteiger partial charge in [0.05, 0.1) is 17.7 Å². The molecule has 2 atom stereocenters. The summed E-state index contributed by atoms with van der Waals surface area (Å²) in [4.78, 5) is 14.3. The summed E-state index contributed by atoms with van der Waals surface area (Å²) in [5, 5.41) is 13.3. The summed E-state index contributed by atoms with van der Waals surface area (Å²) in [6.07, 6.45) is 2.57. The average molecular weight is 304 g/mol. The second-order valence-electron chi connectivity index (χ2n) is 6.77. The second kappa shape index (κ2) is 5.80. The van der Waals surface area contributed by atoms with Crippen LogP contribution in [-0.4, -0.2) is 46.9 Å². The highest BCUT2D eigenvalue weighted by Gasteiger charge is 2.39. The Morgan fingerprint density at radius 2 is 2.18 bits per heavy atom. The zero-order valence-electron chi connectivity index (χ0n) is 13.2. The molecule has 3 rings (SSSR count). The van der Waals surface area contributed by atoms with E-state index < -0.39 is 5.60 Å². The summed E-state index contributed by atoms with van der Waals surface area (Å²) in [5.74, 6) is 0.906. The molecule has 2 amide bonds. The van der Waals surface area contributed by atoms with E-state index in [-0.39, 0.29) is 18.1 Å². The van der Waals surface area contributed by atoms with Gasteiger partial charge in [0.1, 0.15) is 12.4 Å². The molecule has 120 valence electrons. The predicted molar refractivity (Wildman–Crippen MR) is 84.0 cm³/mol. The van der Waals surface area contributed by atoms with E-state index in [0.29, 0.717) is 13.2 Å². The molecule has 5 heteroatoms. The minimum absolute atomic E-state index is 0.0227. The van der Waals surface area contributed by atoms with Crippen LogP contribution in [0.5, 0.6) is 5.75 Å². The molecule has 2 N–H and O–H groups in total. The van der Waals surface area contributed by atoms with Crippen LogP contribution in [0.1, 0.15) is 32.3 Å². The zero-order chi connectivity index (χ0) is 15.7. The molecule has 5 nitrogen and oxygen atoms in total. The van der Waals surface area contributed by atoms with Crippen molar-refractivity contribution in [2.75, 3.05) is 13.2 Å². The number of amides is 2. The SMILES string of the molecule is CC(C)(O)[C@@H]1CCCN1C(=O)N[C@H]1COc2ccccc2C1. The molecule has 0 spiro atoms. The molecule has 22 heavy (non-hydrogen) atoms. The Hall–Kier alpha value is -1.75. The number of nitrogens with zero attached hydrogens (tertiary/aromatic N) is 1. The summed E-state index contributed by atoms with van der Waals surface area (Å²) in [6.45, 7) is 4.72. The van der Waals surface area contributed by atoms with E-state index >= 15 is 0 Å². The van der Waals surface area contributed by atoms with Gasteiger partial charge in [-0.05, 0) is 44.7 Å². The lowest BCUT2D eigenvalue weighted by Crippen LogP contribution is -2.54. The van der Waals surface area contributed by atoms with Crippen LogP contribution in [0.25, 0.3) is 0 Å². The van der Waals surface area contributed by atoms with E-state index in [4.69, 9.17) is 4.74 Å². The van der Waals surface area contributed by atoms with Gasteiger partial charge in [0.2, 0.25) is 0 Å². The maximum Gasteiger partial charge on any atom is 0.318 e. The number of ether oxygens (including phenoxy) is 1. The summed E-state index contributed by atoms with van der Waals surface area (Å²) in [5.41, 5.74) is 0.253. The number of rotatable bonds is 2. The number of urea groups is 1. The van der Waals surface area contributed by atoms with Gasteiger partial charge in [-0.2, -0.15) is 0 Å². The summed E-state index contributed by atoms with van der Waals surface area (Å²) < 4.78 is 5.71. The van der Waals surface area contributed by atoms with E-state index in [2.05, 4.69) is 5.32 Å². The van der Waals surface area contributed by atoms with Crippen molar-refractivity contribution in [3.63, 3.8) is 0 Å². The molecular formula is C17H24N2O3. The van der Waals surface area contributed by atoms with Crippen molar-refractivity contribution in [2.45, 2.75) is 50.8 Å². The van der Waals surface area contributed by atoms with Crippen LogP contribution < -0.4 is 10.1 Å². The third-order valence-electron chi connectivity index (χ3n) is 4.54. The monoisotopic (exact) mass is 304 g/mol. The number of benzene rings is 1. The number of carbonyl (C=O) groups is 1. The third-order valence-corrected chi connectivity index (χ3v) is 4.54. The Labute approximate surface area is 131 Å². The second-order valence-corrected chi connectivity index (χ2v) is 6.77. The standard InChI is InChI=1S/C17H24N2O3/c1-17(2,21)15-8-5-9-19(15)16(20)18-13-10-12-6-3-4-7-14(12)22-11-13/h3-4,6-7,13,15,21H,5,8-11H2,1-2H3,(H,18,20)/t13-,15+/m1/s1. The van der Waals surface area contributed by atoms with Gasteiger partial charge in [-0.25, -0.2) is 4.79 Å². The fraction of sp³-hybridized carbons (Fsp3) is 0.588. The number of carbonyl (C=O) groups excluding carboxylic acids is 1. The zero-order valence-corrected chi connectivity index (χ0v) is 13.2. The normalized spacial score (nSPS) is 24.6. The first-order valence-corrected chi connectivity index (χ1v) is 7.95. The van der Waals surface area contributed by atoms with Crippen molar-refractivity contribution in [3.8, 4) is 5.75 Å². The van der Waals surface area contributed by atoms with Crippen molar-refractivity contribution in [3.05, 3.63) is 29.8 Å². The van der Waals surface area contributed by atoms with Crippen molar-refractivity contribution in [1.82, 2.24) is 10.2 Å². The van der Waals surface area contributed by atoms with Crippen molar-refractivity contribution >= 4 is 6.03 Å². The van der Waals surface area contributed by atoms with Gasteiger partial charge in [-0.15, -0.1) is 0 Å². The molecule has 0 unspecified atom stereocenters. The van der Waals surface area contributed by atoms with Crippen LogP contribution in [0.15, 0.2) is 24.3 Å². The van der Waals surface area contributed by atoms with Crippen molar-refractivity contribution < 1.29 is 14.6 Å². The molecule has 1 fully saturated rings. The lowest BCUT2D eigenvalue weighted by molar-refractivity contribution is 0.00917. The van der Waals surface area contributed by atoms with E-state index in [1.807, 2.05) is 24.3 Å². The molecule has 1 saturated heterocycles. The van der Waals surface area contributed by atoms with Gasteiger partial charge in [-0.1, -0.05) is 18.2 Å². The number of hydrogen-bond donors (Lipinski definition) is 2. The number of hydrogen-bond acceptors (Lipinski definition) is 3. The topological polar surface area (TPSA) is 61.8 Å². The quantitative estimate of drug-likeness (QED) is 0.877. The molecule has 0 saturated carbocycles. The number of likely N-dealkylation sites (tertiary alicyclic amines) is 1. The fourth-order valence-corrected chi connectivity index (χ4v) is 3.42. The van der Waals surface area contributed by atoms with Crippen LogP contribution in [0.2, 0.25) is 0 Å². The highest BCUT2D eigenvalue weighted by molar-refractivity contribution is 5.75. The Morgan fingerprint density at radius 3 is 2.95 bits per heavy atom. The van der Waals surface area contributed by atoms with Gasteiger partial charge in [0.15, 0.2) is 0 Å². The van der Waals surface area contributed by atoms with Crippen LogP contribution in [0.4, 0.5) is 4.79 Å². The van der Waals surface area contributed by atoms with Gasteiger partial charge < -0.3 is 20.1 Å². The van der Waals surface area contributed by atoms with E-state index in [1.165, 1.54) is 0 Å².